The van der Waals surface area contributed by atoms with Crippen LogP contribution in [0.4, 0.5) is 10.1 Å². The number of nitrogens with one attached hydrogen (secondary N) is 1. The molecule has 0 fully saturated rings. The highest BCUT2D eigenvalue weighted by molar-refractivity contribution is 7.09. The number of benzene rings is 1. The molecule has 2 aromatic rings. The molecule has 4 heteroatoms. The number of para-hydroxylation sites is 1. The number of hydrogen-bond acceptors (Lipinski definition) is 3. The van der Waals surface area contributed by atoms with Gasteiger partial charge in [-0.1, -0.05) is 18.2 Å². The van der Waals surface area contributed by atoms with Gasteiger partial charge in [0.2, 0.25) is 0 Å². The van der Waals surface area contributed by atoms with Gasteiger partial charge in [0, 0.05) is 35.8 Å². The van der Waals surface area contributed by atoms with Gasteiger partial charge in [0.1, 0.15) is 6.17 Å². The molecule has 0 amide bonds. The summed E-state index contributed by atoms with van der Waals surface area (Å²) in [5.74, 6) is 0. The first-order chi connectivity index (χ1) is 8.34. The standard InChI is InChI=1S/C13H13FN2S/c14-11(8-12-15-6-7-17-12)10-3-1-2-9-4-5-16-13(9)10/h1-3,6-7,11,16H,4-5,8H2. The van der Waals surface area contributed by atoms with E-state index in [1.807, 2.05) is 17.5 Å². The molecule has 17 heavy (non-hydrogen) atoms. The quantitative estimate of drug-likeness (QED) is 0.901. The van der Waals surface area contributed by atoms with Gasteiger partial charge in [-0.3, -0.25) is 0 Å². The Bertz CT molecular complexity index is 510. The molecule has 2 heterocycles. The van der Waals surface area contributed by atoms with Crippen LogP contribution in [-0.4, -0.2) is 11.5 Å². The van der Waals surface area contributed by atoms with E-state index in [0.717, 1.165) is 29.2 Å². The summed E-state index contributed by atoms with van der Waals surface area (Å²) in [7, 11) is 0. The number of halogens is 1. The SMILES string of the molecule is FC(Cc1nccs1)c1cccc2c1NCC2. The lowest BCUT2D eigenvalue weighted by Gasteiger charge is -2.12. The van der Waals surface area contributed by atoms with Gasteiger partial charge in [0.25, 0.3) is 0 Å². The molecule has 0 radical (unpaired) electrons. The predicted molar refractivity (Wildman–Crippen MR) is 68.3 cm³/mol. The third-order valence-corrected chi connectivity index (χ3v) is 3.86. The van der Waals surface area contributed by atoms with Crippen LogP contribution in [0.25, 0.3) is 0 Å². The lowest BCUT2D eigenvalue weighted by Crippen LogP contribution is -2.01. The Kier molecular flexibility index (Phi) is 2.81. The van der Waals surface area contributed by atoms with E-state index < -0.39 is 6.17 Å². The average Bonchev–Trinajstić information content (AvgIpc) is 2.97. The molecule has 1 aromatic carbocycles. The van der Waals surface area contributed by atoms with E-state index in [1.54, 1.807) is 6.20 Å². The Morgan fingerprint density at radius 3 is 3.24 bits per heavy atom. The first-order valence-electron chi connectivity index (χ1n) is 5.72. The molecule has 0 spiro atoms. The van der Waals surface area contributed by atoms with Crippen molar-refractivity contribution in [2.45, 2.75) is 19.0 Å². The number of fused-ring (bicyclic) bond motifs is 1. The minimum absolute atomic E-state index is 0.371. The topological polar surface area (TPSA) is 24.9 Å². The Hall–Kier alpha value is -1.42. The number of hydrogen-bond donors (Lipinski definition) is 1. The molecular weight excluding hydrogens is 235 g/mol. The van der Waals surface area contributed by atoms with Gasteiger partial charge in [-0.2, -0.15) is 0 Å². The van der Waals surface area contributed by atoms with Crippen LogP contribution in [0.3, 0.4) is 0 Å². The zero-order chi connectivity index (χ0) is 11.7. The van der Waals surface area contributed by atoms with Crippen molar-refractivity contribution in [3.05, 3.63) is 45.9 Å². The van der Waals surface area contributed by atoms with E-state index in [-0.39, 0.29) is 0 Å². The highest BCUT2D eigenvalue weighted by atomic mass is 32.1. The van der Waals surface area contributed by atoms with E-state index in [4.69, 9.17) is 0 Å². The van der Waals surface area contributed by atoms with Crippen LogP contribution >= 0.6 is 11.3 Å². The normalized spacial score (nSPS) is 15.4. The molecule has 0 saturated heterocycles. The first kappa shape index (κ1) is 10.7. The fourth-order valence-corrected chi connectivity index (χ4v) is 2.89. The molecule has 1 unspecified atom stereocenters. The van der Waals surface area contributed by atoms with E-state index >= 15 is 0 Å². The van der Waals surface area contributed by atoms with Crippen molar-refractivity contribution < 1.29 is 4.39 Å². The van der Waals surface area contributed by atoms with Crippen molar-refractivity contribution in [2.24, 2.45) is 0 Å². The molecule has 1 aliphatic rings. The highest BCUT2D eigenvalue weighted by Gasteiger charge is 2.20. The maximum absolute atomic E-state index is 14.3. The summed E-state index contributed by atoms with van der Waals surface area (Å²) < 4.78 is 14.3. The van der Waals surface area contributed by atoms with Gasteiger partial charge in [-0.25, -0.2) is 9.37 Å². The van der Waals surface area contributed by atoms with Gasteiger partial charge in [-0.05, 0) is 12.0 Å². The number of rotatable bonds is 3. The van der Waals surface area contributed by atoms with E-state index in [9.17, 15) is 4.39 Å². The molecule has 1 atom stereocenters. The third kappa shape index (κ3) is 2.05. The molecule has 3 rings (SSSR count). The van der Waals surface area contributed by atoms with Crippen LogP contribution in [0.2, 0.25) is 0 Å². The fraction of sp³-hybridized carbons (Fsp3) is 0.308. The minimum Gasteiger partial charge on any atom is -0.384 e. The number of aromatic nitrogens is 1. The molecule has 0 saturated carbocycles. The maximum Gasteiger partial charge on any atom is 0.133 e. The number of anilines is 1. The van der Waals surface area contributed by atoms with Crippen molar-refractivity contribution >= 4 is 17.0 Å². The number of nitrogens with zero attached hydrogens (tertiary/aromatic N) is 1. The summed E-state index contributed by atoms with van der Waals surface area (Å²) in [5.41, 5.74) is 3.00. The zero-order valence-corrected chi connectivity index (χ0v) is 10.1. The van der Waals surface area contributed by atoms with Crippen molar-refractivity contribution in [1.82, 2.24) is 4.98 Å². The van der Waals surface area contributed by atoms with Crippen LogP contribution in [-0.2, 0) is 12.8 Å². The zero-order valence-electron chi connectivity index (χ0n) is 9.32. The number of alkyl halides is 1. The Morgan fingerprint density at radius 1 is 1.47 bits per heavy atom. The predicted octanol–water partition coefficient (Wildman–Crippen LogP) is 3.36. The maximum atomic E-state index is 14.3. The molecular formula is C13H13FN2S. The summed E-state index contributed by atoms with van der Waals surface area (Å²) in [6.07, 6.45) is 2.12. The monoisotopic (exact) mass is 248 g/mol. The second kappa shape index (κ2) is 4.45. The van der Waals surface area contributed by atoms with Crippen LogP contribution in [0, 0.1) is 0 Å². The second-order valence-electron chi connectivity index (χ2n) is 4.16. The van der Waals surface area contributed by atoms with Crippen molar-refractivity contribution in [1.29, 1.82) is 0 Å². The third-order valence-electron chi connectivity index (χ3n) is 3.05. The highest BCUT2D eigenvalue weighted by Crippen LogP contribution is 2.34. The van der Waals surface area contributed by atoms with Gasteiger partial charge < -0.3 is 5.32 Å². The summed E-state index contributed by atoms with van der Waals surface area (Å²) in [5, 5.41) is 6.01. The van der Waals surface area contributed by atoms with Gasteiger partial charge in [0.15, 0.2) is 0 Å². The van der Waals surface area contributed by atoms with Gasteiger partial charge in [-0.15, -0.1) is 11.3 Å². The van der Waals surface area contributed by atoms with Crippen molar-refractivity contribution in [3.63, 3.8) is 0 Å². The first-order valence-corrected chi connectivity index (χ1v) is 6.60. The minimum atomic E-state index is -0.971. The fourth-order valence-electron chi connectivity index (χ4n) is 2.24. The summed E-state index contributed by atoms with van der Waals surface area (Å²) >= 11 is 1.51. The van der Waals surface area contributed by atoms with Gasteiger partial charge in [0.05, 0.1) is 5.01 Å². The van der Waals surface area contributed by atoms with Crippen LogP contribution in [0.1, 0.15) is 22.3 Å². The smallest absolute Gasteiger partial charge is 0.133 e. The van der Waals surface area contributed by atoms with Gasteiger partial charge >= 0.3 is 0 Å². The molecule has 88 valence electrons. The molecule has 0 bridgehead atoms. The largest absolute Gasteiger partial charge is 0.384 e. The summed E-state index contributed by atoms with van der Waals surface area (Å²) in [4.78, 5) is 4.13. The van der Waals surface area contributed by atoms with Crippen molar-refractivity contribution in [2.75, 3.05) is 11.9 Å². The van der Waals surface area contributed by atoms with E-state index in [2.05, 4.69) is 16.4 Å². The summed E-state index contributed by atoms with van der Waals surface area (Å²) in [6.45, 7) is 0.913. The molecule has 1 aliphatic heterocycles. The lowest BCUT2D eigenvalue weighted by atomic mass is 10.0. The molecule has 1 N–H and O–H groups in total. The molecule has 1 aromatic heterocycles. The molecule has 0 aliphatic carbocycles. The Labute approximate surface area is 104 Å². The van der Waals surface area contributed by atoms with Crippen LogP contribution < -0.4 is 5.32 Å². The summed E-state index contributed by atoms with van der Waals surface area (Å²) in [6, 6.07) is 5.87. The van der Waals surface area contributed by atoms with E-state index in [1.165, 1.54) is 16.9 Å². The average molecular weight is 248 g/mol. The molecule has 2 nitrogen and oxygen atoms in total. The van der Waals surface area contributed by atoms with Crippen LogP contribution in [0.15, 0.2) is 29.8 Å². The lowest BCUT2D eigenvalue weighted by molar-refractivity contribution is 0.343. The Morgan fingerprint density at radius 2 is 2.41 bits per heavy atom. The Balaban J connectivity index is 1.86. The second-order valence-corrected chi connectivity index (χ2v) is 5.13. The number of thiazole rings is 1. The van der Waals surface area contributed by atoms with E-state index in [0.29, 0.717) is 6.42 Å². The van der Waals surface area contributed by atoms with Crippen LogP contribution in [0.5, 0.6) is 0 Å². The van der Waals surface area contributed by atoms with Crippen molar-refractivity contribution in [3.8, 4) is 0 Å².